The minimum Gasteiger partial charge on any atom is -0.468 e. The van der Waals surface area contributed by atoms with Crippen LogP contribution in [0.1, 0.15) is 82.5 Å². The Morgan fingerprint density at radius 2 is 1.67 bits per heavy atom. The van der Waals surface area contributed by atoms with E-state index in [1.165, 1.54) is 12.0 Å². The molecule has 4 amide bonds. The lowest BCUT2D eigenvalue weighted by molar-refractivity contribution is -0.145. The van der Waals surface area contributed by atoms with E-state index < -0.39 is 47.5 Å². The highest BCUT2D eigenvalue weighted by atomic mass is 16.6. The van der Waals surface area contributed by atoms with Gasteiger partial charge in [0.25, 0.3) is 0 Å². The summed E-state index contributed by atoms with van der Waals surface area (Å²) >= 11 is 0. The Bertz CT molecular complexity index is 999. The number of carbonyl (C=O) groups is 5. The number of rotatable bonds is 14. The van der Waals surface area contributed by atoms with Crippen molar-refractivity contribution in [3.8, 4) is 0 Å². The largest absolute Gasteiger partial charge is 0.468 e. The number of esters is 1. The number of ether oxygens (including phenoxy) is 2. The molecule has 0 saturated carbocycles. The van der Waals surface area contributed by atoms with Gasteiger partial charge in [0.15, 0.2) is 0 Å². The van der Waals surface area contributed by atoms with Crippen molar-refractivity contribution < 1.29 is 33.4 Å². The van der Waals surface area contributed by atoms with Crippen molar-refractivity contribution in [2.24, 2.45) is 5.73 Å². The second-order valence-electron chi connectivity index (χ2n) is 10.4. The van der Waals surface area contributed by atoms with Crippen LogP contribution >= 0.6 is 0 Å². The summed E-state index contributed by atoms with van der Waals surface area (Å²) in [4.78, 5) is 65.2. The highest BCUT2D eigenvalue weighted by Crippen LogP contribution is 2.29. The van der Waals surface area contributed by atoms with E-state index in [0.717, 1.165) is 24.0 Å². The average Bonchev–Trinajstić information content (AvgIpc) is 2.84. The van der Waals surface area contributed by atoms with Crippen LogP contribution in [0.25, 0.3) is 0 Å². The molecule has 11 nitrogen and oxygen atoms in total. The van der Waals surface area contributed by atoms with Crippen molar-refractivity contribution >= 4 is 29.8 Å². The number of amides is 4. The number of alkyl carbamates (subject to hydrolysis) is 1. The van der Waals surface area contributed by atoms with Crippen LogP contribution in [0.3, 0.4) is 0 Å². The number of carbonyl (C=O) groups excluding carboxylic acids is 5. The molecule has 11 heteroatoms. The molecule has 4 N–H and O–H groups in total. The van der Waals surface area contributed by atoms with Crippen molar-refractivity contribution in [2.75, 3.05) is 20.2 Å². The number of aryl methyl sites for hydroxylation is 2. The van der Waals surface area contributed by atoms with Crippen molar-refractivity contribution in [2.45, 2.75) is 91.3 Å². The number of nitrogens with zero attached hydrogens (tertiary/aromatic N) is 1. The van der Waals surface area contributed by atoms with Crippen LogP contribution in [0.5, 0.6) is 0 Å². The van der Waals surface area contributed by atoms with Crippen molar-refractivity contribution in [3.05, 3.63) is 34.9 Å². The van der Waals surface area contributed by atoms with E-state index in [0.29, 0.717) is 12.0 Å². The number of nitrogens with two attached hydrogens (primary N) is 1. The molecule has 1 aromatic carbocycles. The van der Waals surface area contributed by atoms with Gasteiger partial charge in [0.2, 0.25) is 17.7 Å². The van der Waals surface area contributed by atoms with E-state index in [4.69, 9.17) is 10.5 Å². The maximum atomic E-state index is 14.1. The topological polar surface area (TPSA) is 157 Å². The molecule has 0 aliphatic rings. The average molecular weight is 549 g/mol. The summed E-state index contributed by atoms with van der Waals surface area (Å²) in [6.07, 6.45) is 1.16. The van der Waals surface area contributed by atoms with Crippen LogP contribution in [0.4, 0.5) is 4.79 Å². The number of unbranched alkanes of at least 4 members (excludes halogenated alkanes) is 2. The zero-order valence-electron chi connectivity index (χ0n) is 24.2. The molecule has 0 spiro atoms. The van der Waals surface area contributed by atoms with Crippen molar-refractivity contribution in [1.29, 1.82) is 0 Å². The molecule has 2 atom stereocenters. The van der Waals surface area contributed by atoms with Gasteiger partial charge in [-0.2, -0.15) is 0 Å². The molecule has 0 saturated heterocycles. The first-order valence-corrected chi connectivity index (χ1v) is 13.2. The van der Waals surface area contributed by atoms with E-state index in [-0.39, 0.29) is 25.9 Å². The molecule has 1 aromatic rings. The third-order valence-electron chi connectivity index (χ3n) is 5.96. The number of hydrogen-bond donors (Lipinski definition) is 3. The van der Waals surface area contributed by atoms with Crippen molar-refractivity contribution in [3.63, 3.8) is 0 Å². The molecule has 0 aromatic heterocycles. The Hall–Kier alpha value is -3.63. The fraction of sp³-hybridized carbons (Fsp3) is 0.607. The van der Waals surface area contributed by atoms with Crippen molar-refractivity contribution in [1.82, 2.24) is 15.5 Å². The molecule has 0 radical (unpaired) electrons. The molecule has 218 valence electrons. The van der Waals surface area contributed by atoms with Gasteiger partial charge >= 0.3 is 12.1 Å². The fourth-order valence-corrected chi connectivity index (χ4v) is 4.11. The van der Waals surface area contributed by atoms with Crippen LogP contribution in [0.15, 0.2) is 18.2 Å². The predicted molar refractivity (Wildman–Crippen MR) is 147 cm³/mol. The highest BCUT2D eigenvalue weighted by Gasteiger charge is 2.37. The molecule has 0 heterocycles. The lowest BCUT2D eigenvalue weighted by Gasteiger charge is -2.35. The third-order valence-corrected chi connectivity index (χ3v) is 5.96. The van der Waals surface area contributed by atoms with E-state index in [1.807, 2.05) is 39.0 Å². The Morgan fingerprint density at radius 3 is 2.18 bits per heavy atom. The number of methoxy groups -OCH3 is 1. The number of benzene rings is 1. The second kappa shape index (κ2) is 15.7. The van der Waals surface area contributed by atoms with E-state index in [2.05, 4.69) is 15.4 Å². The first-order chi connectivity index (χ1) is 18.2. The quantitative estimate of drug-likeness (QED) is 0.238. The summed E-state index contributed by atoms with van der Waals surface area (Å²) in [5.41, 5.74) is 6.68. The van der Waals surface area contributed by atoms with Crippen LogP contribution in [-0.4, -0.2) is 66.5 Å². The molecular formula is C28H44N4O7. The number of hydrogen-bond acceptors (Lipinski definition) is 7. The van der Waals surface area contributed by atoms with Gasteiger partial charge in [-0.3, -0.25) is 19.2 Å². The zero-order chi connectivity index (χ0) is 29.8. The minimum absolute atomic E-state index is 0.0824. The highest BCUT2D eigenvalue weighted by molar-refractivity contribution is 5.94. The van der Waals surface area contributed by atoms with Gasteiger partial charge in [-0.05, 0) is 64.2 Å². The number of primary amides is 1. The van der Waals surface area contributed by atoms with Gasteiger partial charge in [0.05, 0.1) is 7.11 Å². The van der Waals surface area contributed by atoms with Gasteiger partial charge in [-0.1, -0.05) is 38.0 Å². The summed E-state index contributed by atoms with van der Waals surface area (Å²) < 4.78 is 10.0. The van der Waals surface area contributed by atoms with E-state index >= 15 is 0 Å². The zero-order valence-corrected chi connectivity index (χ0v) is 24.2. The maximum Gasteiger partial charge on any atom is 0.408 e. The van der Waals surface area contributed by atoms with Gasteiger partial charge in [-0.25, -0.2) is 4.79 Å². The first kappa shape index (κ1) is 33.4. The van der Waals surface area contributed by atoms with Crippen LogP contribution in [-0.2, 0) is 28.7 Å². The second-order valence-corrected chi connectivity index (χ2v) is 10.4. The smallest absolute Gasteiger partial charge is 0.408 e. The maximum absolute atomic E-state index is 14.1. The Morgan fingerprint density at radius 1 is 1.05 bits per heavy atom. The van der Waals surface area contributed by atoms with E-state index in [1.54, 1.807) is 20.8 Å². The van der Waals surface area contributed by atoms with Gasteiger partial charge < -0.3 is 30.7 Å². The molecule has 39 heavy (non-hydrogen) atoms. The minimum atomic E-state index is -1.19. The van der Waals surface area contributed by atoms with Crippen LogP contribution in [0, 0.1) is 13.8 Å². The molecule has 2 unspecified atom stereocenters. The normalized spacial score (nSPS) is 12.6. The number of nitrogens with one attached hydrogen (secondary N) is 2. The molecule has 0 aliphatic carbocycles. The monoisotopic (exact) mass is 548 g/mol. The third kappa shape index (κ3) is 11.3. The van der Waals surface area contributed by atoms with Gasteiger partial charge in [0.1, 0.15) is 24.2 Å². The molecule has 0 fully saturated rings. The lowest BCUT2D eigenvalue weighted by Crippen LogP contribution is -2.54. The summed E-state index contributed by atoms with van der Waals surface area (Å²) in [6.45, 7) is 10.6. The van der Waals surface area contributed by atoms with Crippen LogP contribution < -0.4 is 16.4 Å². The molecule has 0 bridgehead atoms. The lowest BCUT2D eigenvalue weighted by atomic mass is 9.93. The Kier molecular flexibility index (Phi) is 13.4. The SMILES string of the molecule is CCCCCN(C(=O)C(CCC(N)=O)NC(=O)OC(C)(C)C)C(C(=O)NCC(=O)OC)c1c(C)cccc1C. The summed E-state index contributed by atoms with van der Waals surface area (Å²) in [7, 11) is 1.21. The van der Waals surface area contributed by atoms with Gasteiger partial charge in [0, 0.05) is 13.0 Å². The molecule has 1 rings (SSSR count). The van der Waals surface area contributed by atoms with Gasteiger partial charge in [-0.15, -0.1) is 0 Å². The van der Waals surface area contributed by atoms with E-state index in [9.17, 15) is 24.0 Å². The fourth-order valence-electron chi connectivity index (χ4n) is 4.11. The van der Waals surface area contributed by atoms with Crippen LogP contribution in [0.2, 0.25) is 0 Å². The summed E-state index contributed by atoms with van der Waals surface area (Å²) in [5.74, 6) is -2.43. The molecule has 0 aliphatic heterocycles. The Balaban J connectivity index is 3.60. The Labute approximate surface area is 231 Å². The summed E-state index contributed by atoms with van der Waals surface area (Å²) in [5, 5.41) is 5.15. The standard InChI is InChI=1S/C28H44N4O7/c1-8-9-10-16-32(26(36)20(14-15-21(29)33)31-27(37)39-28(4,5)6)24(25(35)30-17-22(34)38-7)23-18(2)12-11-13-19(23)3/h11-13,20,24H,8-10,14-17H2,1-7H3,(H2,29,33)(H,30,35)(H,31,37). The molecular weight excluding hydrogens is 504 g/mol. The predicted octanol–water partition coefficient (Wildman–Crippen LogP) is 2.81. The summed E-state index contributed by atoms with van der Waals surface area (Å²) in [6, 6.07) is 3.22. The first-order valence-electron chi connectivity index (χ1n) is 13.2.